The number of carboxylic acids is 1. The number of aliphatic carboxylic acids is 1. The fourth-order valence-electron chi connectivity index (χ4n) is 0.739. The molecular formula is C7H12BrNO3S. The molecule has 0 rings (SSSR count). The molecule has 0 heterocycles. The van der Waals surface area contributed by atoms with E-state index in [0.717, 1.165) is 0 Å². The number of carboxylic acid groups (broad SMARTS) is 1. The Kier molecular flexibility index (Phi) is 7.07. The van der Waals surface area contributed by atoms with Gasteiger partial charge in [-0.05, 0) is 12.2 Å². The van der Waals surface area contributed by atoms with Gasteiger partial charge >= 0.3 is 5.97 Å². The molecule has 76 valence electrons. The third-order valence-electron chi connectivity index (χ3n) is 1.37. The highest BCUT2D eigenvalue weighted by Crippen LogP contribution is 1.96. The van der Waals surface area contributed by atoms with E-state index in [2.05, 4.69) is 33.9 Å². The number of nitrogens with one attached hydrogen (secondary N) is 1. The lowest BCUT2D eigenvalue weighted by molar-refractivity contribution is -0.141. The summed E-state index contributed by atoms with van der Waals surface area (Å²) >= 11 is 7.00. The molecule has 13 heavy (non-hydrogen) atoms. The Morgan fingerprint density at radius 3 is 2.54 bits per heavy atom. The van der Waals surface area contributed by atoms with E-state index in [1.54, 1.807) is 0 Å². The molecule has 0 aromatic heterocycles. The monoisotopic (exact) mass is 269 g/mol. The van der Waals surface area contributed by atoms with Crippen LogP contribution in [0.4, 0.5) is 0 Å². The molecule has 0 aliphatic carbocycles. The molecule has 0 fully saturated rings. The van der Waals surface area contributed by atoms with Crippen molar-refractivity contribution in [2.75, 3.05) is 11.1 Å². The number of hydrogen-bond donors (Lipinski definition) is 3. The lowest BCUT2D eigenvalue weighted by atomic mass is 10.2. The van der Waals surface area contributed by atoms with Gasteiger partial charge in [-0.2, -0.15) is 12.6 Å². The lowest BCUT2D eigenvalue weighted by Crippen LogP contribution is -2.41. The standard InChI is InChI=1S/C7H12BrNO3S/c8-3-1-6(10)9-5(2-4-13)7(11)12/h5,13H,1-4H2,(H,9,10)(H,11,12)/t5-/m0/s1. The summed E-state index contributed by atoms with van der Waals surface area (Å²) in [6, 6.07) is -0.816. The van der Waals surface area contributed by atoms with Crippen molar-refractivity contribution in [3.63, 3.8) is 0 Å². The molecule has 0 radical (unpaired) electrons. The Morgan fingerprint density at radius 1 is 1.54 bits per heavy atom. The normalized spacial score (nSPS) is 12.2. The first-order valence-corrected chi connectivity index (χ1v) is 5.56. The van der Waals surface area contributed by atoms with Crippen LogP contribution in [0.3, 0.4) is 0 Å². The summed E-state index contributed by atoms with van der Waals surface area (Å²) in [5.41, 5.74) is 0. The summed E-state index contributed by atoms with van der Waals surface area (Å²) in [7, 11) is 0. The van der Waals surface area contributed by atoms with Crippen molar-refractivity contribution in [3.8, 4) is 0 Å². The van der Waals surface area contributed by atoms with Crippen molar-refractivity contribution in [1.82, 2.24) is 5.32 Å². The molecule has 0 saturated heterocycles. The number of alkyl halides is 1. The number of hydrogen-bond acceptors (Lipinski definition) is 3. The summed E-state index contributed by atoms with van der Waals surface area (Å²) in [4.78, 5) is 21.6. The Labute approximate surface area is 90.6 Å². The molecule has 6 heteroatoms. The van der Waals surface area contributed by atoms with Crippen molar-refractivity contribution in [2.24, 2.45) is 0 Å². The zero-order valence-corrected chi connectivity index (χ0v) is 9.48. The molecule has 1 amide bonds. The molecule has 0 aliphatic heterocycles. The minimum absolute atomic E-state index is 0.258. The van der Waals surface area contributed by atoms with E-state index in [0.29, 0.717) is 17.5 Å². The van der Waals surface area contributed by atoms with Crippen molar-refractivity contribution >= 4 is 40.4 Å². The maximum Gasteiger partial charge on any atom is 0.326 e. The van der Waals surface area contributed by atoms with Gasteiger partial charge in [0.1, 0.15) is 6.04 Å². The highest BCUT2D eigenvalue weighted by Gasteiger charge is 2.17. The van der Waals surface area contributed by atoms with E-state index in [-0.39, 0.29) is 12.3 Å². The average molecular weight is 270 g/mol. The predicted octanol–water partition coefficient (Wildman–Crippen LogP) is 0.661. The van der Waals surface area contributed by atoms with Crippen LogP contribution in [0.2, 0.25) is 0 Å². The third-order valence-corrected chi connectivity index (χ3v) is 2.03. The van der Waals surface area contributed by atoms with Crippen LogP contribution in [0, 0.1) is 0 Å². The van der Waals surface area contributed by atoms with Crippen molar-refractivity contribution in [1.29, 1.82) is 0 Å². The van der Waals surface area contributed by atoms with E-state index in [9.17, 15) is 9.59 Å². The quantitative estimate of drug-likeness (QED) is 0.490. The van der Waals surface area contributed by atoms with Crippen LogP contribution in [0.15, 0.2) is 0 Å². The molecule has 0 aliphatic rings. The highest BCUT2D eigenvalue weighted by molar-refractivity contribution is 9.09. The van der Waals surface area contributed by atoms with Gasteiger partial charge in [0.2, 0.25) is 5.91 Å². The van der Waals surface area contributed by atoms with Gasteiger partial charge in [-0.3, -0.25) is 4.79 Å². The summed E-state index contributed by atoms with van der Waals surface area (Å²) < 4.78 is 0. The smallest absolute Gasteiger partial charge is 0.326 e. The van der Waals surface area contributed by atoms with Crippen LogP contribution in [-0.2, 0) is 9.59 Å². The molecule has 0 unspecified atom stereocenters. The largest absolute Gasteiger partial charge is 0.480 e. The van der Waals surface area contributed by atoms with E-state index >= 15 is 0 Å². The van der Waals surface area contributed by atoms with E-state index in [1.807, 2.05) is 0 Å². The maximum absolute atomic E-state index is 11.0. The van der Waals surface area contributed by atoms with Gasteiger partial charge < -0.3 is 10.4 Å². The molecule has 4 nitrogen and oxygen atoms in total. The molecule has 1 atom stereocenters. The van der Waals surface area contributed by atoms with Gasteiger partial charge in [0.05, 0.1) is 0 Å². The number of carbonyl (C=O) groups excluding carboxylic acids is 1. The number of thiol groups is 1. The van der Waals surface area contributed by atoms with Crippen molar-refractivity contribution in [2.45, 2.75) is 18.9 Å². The molecule has 0 bridgehead atoms. The van der Waals surface area contributed by atoms with Gasteiger partial charge in [0, 0.05) is 11.8 Å². The lowest BCUT2D eigenvalue weighted by Gasteiger charge is -2.12. The summed E-state index contributed by atoms with van der Waals surface area (Å²) in [6.07, 6.45) is 0.628. The van der Waals surface area contributed by atoms with Crippen molar-refractivity contribution in [3.05, 3.63) is 0 Å². The fourth-order valence-corrected chi connectivity index (χ4v) is 1.36. The van der Waals surface area contributed by atoms with Gasteiger partial charge in [-0.25, -0.2) is 4.79 Å². The van der Waals surface area contributed by atoms with E-state index in [1.165, 1.54) is 0 Å². The van der Waals surface area contributed by atoms with Crippen LogP contribution >= 0.6 is 28.6 Å². The van der Waals surface area contributed by atoms with E-state index < -0.39 is 12.0 Å². The van der Waals surface area contributed by atoms with Crippen LogP contribution in [0.5, 0.6) is 0 Å². The average Bonchev–Trinajstić information content (AvgIpc) is 2.04. The second kappa shape index (κ2) is 7.20. The fraction of sp³-hybridized carbons (Fsp3) is 0.714. The first kappa shape index (κ1) is 12.8. The SMILES string of the molecule is O=C(CCBr)N[C@@H](CCS)C(=O)O. The van der Waals surface area contributed by atoms with Gasteiger partial charge in [-0.15, -0.1) is 0 Å². The Hall–Kier alpha value is -0.230. The number of rotatable bonds is 6. The first-order valence-electron chi connectivity index (χ1n) is 3.80. The third kappa shape index (κ3) is 5.93. The second-order valence-electron chi connectivity index (χ2n) is 2.41. The molecule has 0 aromatic rings. The summed E-state index contributed by atoms with van der Waals surface area (Å²) in [5.74, 6) is -0.839. The van der Waals surface area contributed by atoms with Crippen LogP contribution in [-0.4, -0.2) is 34.1 Å². The molecule has 2 N–H and O–H groups in total. The van der Waals surface area contributed by atoms with Crippen LogP contribution in [0.25, 0.3) is 0 Å². The summed E-state index contributed by atoms with van der Waals surface area (Å²) in [5, 5.41) is 11.6. The first-order chi connectivity index (χ1) is 6.11. The van der Waals surface area contributed by atoms with Gasteiger partial charge in [0.25, 0.3) is 0 Å². The predicted molar refractivity (Wildman–Crippen MR) is 56.4 cm³/mol. The highest BCUT2D eigenvalue weighted by atomic mass is 79.9. The number of carbonyl (C=O) groups is 2. The zero-order chi connectivity index (χ0) is 10.3. The molecule has 0 spiro atoms. The molecular weight excluding hydrogens is 258 g/mol. The Bertz CT molecular complexity index is 189. The van der Waals surface area contributed by atoms with Gasteiger partial charge in [-0.1, -0.05) is 15.9 Å². The van der Waals surface area contributed by atoms with Crippen molar-refractivity contribution < 1.29 is 14.7 Å². The van der Waals surface area contributed by atoms with Crippen LogP contribution in [0.1, 0.15) is 12.8 Å². The molecule has 0 saturated carbocycles. The maximum atomic E-state index is 11.0. The Morgan fingerprint density at radius 2 is 2.15 bits per heavy atom. The molecule has 0 aromatic carbocycles. The Balaban J connectivity index is 3.94. The number of halogens is 1. The van der Waals surface area contributed by atoms with Crippen LogP contribution < -0.4 is 5.32 Å². The van der Waals surface area contributed by atoms with E-state index in [4.69, 9.17) is 5.11 Å². The topological polar surface area (TPSA) is 66.4 Å². The minimum atomic E-state index is -1.02. The number of amides is 1. The minimum Gasteiger partial charge on any atom is -0.480 e. The van der Waals surface area contributed by atoms with Gasteiger partial charge in [0.15, 0.2) is 0 Å². The second-order valence-corrected chi connectivity index (χ2v) is 3.65. The summed E-state index contributed by atoms with van der Waals surface area (Å²) in [6.45, 7) is 0. The zero-order valence-electron chi connectivity index (χ0n) is 6.99.